The Morgan fingerprint density at radius 1 is 0.362 bits per heavy atom. The molecule has 1 heterocycles. The molecule has 0 fully saturated rings. The van der Waals surface area contributed by atoms with Crippen molar-refractivity contribution in [3.63, 3.8) is 0 Å². The van der Waals surface area contributed by atoms with Gasteiger partial charge >= 0.3 is 0 Å². The SMILES string of the molecule is [2H]c1c([2H])c([2H])c2c(-c3c4c([2H])c([2H])c([2H])c([2H])c4c(-c4c([2H])c([2H])c(-c5ccc6oc7ccccc7c6c5)c5c([2H])c([2H])c([2H])c([2H])c45)c4c([2H])c([2H])c([2H])c([2H])c34)c([2H])c([2H])c([2H])c2c1[2H]. The molecule has 218 valence electrons. The van der Waals surface area contributed by atoms with Gasteiger partial charge in [0.2, 0.25) is 0 Å². The van der Waals surface area contributed by atoms with Gasteiger partial charge in [0, 0.05) is 10.8 Å². The molecule has 0 aliphatic rings. The summed E-state index contributed by atoms with van der Waals surface area (Å²) >= 11 is 0. The summed E-state index contributed by atoms with van der Waals surface area (Å²) in [6.07, 6.45) is 0. The van der Waals surface area contributed by atoms with Crippen LogP contribution in [0.1, 0.15) is 28.8 Å². The number of rotatable bonds is 3. The molecule has 0 amide bonds. The predicted molar refractivity (Wildman–Crippen MR) is 200 cm³/mol. The van der Waals surface area contributed by atoms with Gasteiger partial charge in [-0.15, -0.1) is 0 Å². The normalized spacial score (nSPS) is 18.1. The van der Waals surface area contributed by atoms with E-state index in [1.807, 2.05) is 0 Å². The first-order chi connectivity index (χ1) is 32.1. The maximum atomic E-state index is 9.86. The van der Waals surface area contributed by atoms with Crippen LogP contribution in [0.2, 0.25) is 0 Å². The lowest BCUT2D eigenvalue weighted by atomic mass is 9.83. The number of benzene rings is 9. The zero-order chi connectivity index (χ0) is 49.2. The lowest BCUT2D eigenvalue weighted by Gasteiger charge is -2.20. The van der Waals surface area contributed by atoms with Crippen molar-refractivity contribution in [2.45, 2.75) is 0 Å². The molecule has 10 rings (SSSR count). The molecule has 1 aromatic heterocycles. The van der Waals surface area contributed by atoms with E-state index in [1.165, 1.54) is 0 Å². The second-order valence-corrected chi connectivity index (χ2v) is 10.8. The molecule has 0 saturated carbocycles. The highest BCUT2D eigenvalue weighted by Crippen LogP contribution is 2.47. The Morgan fingerprint density at radius 3 is 1.57 bits per heavy atom. The summed E-state index contributed by atoms with van der Waals surface area (Å²) in [5.74, 6) is 0. The first-order valence-corrected chi connectivity index (χ1v) is 14.5. The topological polar surface area (TPSA) is 13.1 Å². The number of fused-ring (bicyclic) bond motifs is 7. The summed E-state index contributed by atoms with van der Waals surface area (Å²) in [4.78, 5) is 0. The van der Waals surface area contributed by atoms with E-state index in [0.717, 1.165) is 0 Å². The van der Waals surface area contributed by atoms with Crippen LogP contribution in [0, 0.1) is 0 Å². The number of para-hydroxylation sites is 1. The van der Waals surface area contributed by atoms with Crippen molar-refractivity contribution >= 4 is 65.0 Å². The van der Waals surface area contributed by atoms with Gasteiger partial charge in [0.05, 0.1) is 28.8 Å². The Hall–Kier alpha value is -6.18. The van der Waals surface area contributed by atoms with Crippen LogP contribution in [0.15, 0.2) is 174 Å². The minimum Gasteiger partial charge on any atom is -0.456 e. The van der Waals surface area contributed by atoms with Gasteiger partial charge in [-0.3, -0.25) is 0 Å². The lowest BCUT2D eigenvalue weighted by molar-refractivity contribution is 0.669. The minimum absolute atomic E-state index is 0.139. The molecule has 0 aliphatic carbocycles. The monoisotopic (exact) mass is 617 g/mol. The number of hydrogen-bond acceptors (Lipinski definition) is 1. The maximum absolute atomic E-state index is 9.86. The van der Waals surface area contributed by atoms with E-state index >= 15 is 0 Å². The second kappa shape index (κ2) is 10.2. The summed E-state index contributed by atoms with van der Waals surface area (Å²) in [5, 5.41) is -3.11. The molecule has 0 bridgehead atoms. The quantitative estimate of drug-likeness (QED) is 0.180. The highest BCUT2D eigenvalue weighted by atomic mass is 16.3. The smallest absolute Gasteiger partial charge is 0.135 e. The van der Waals surface area contributed by atoms with Crippen molar-refractivity contribution in [2.24, 2.45) is 0 Å². The van der Waals surface area contributed by atoms with Crippen LogP contribution in [-0.2, 0) is 0 Å². The van der Waals surface area contributed by atoms with E-state index in [0.29, 0.717) is 21.9 Å². The van der Waals surface area contributed by atoms with Gasteiger partial charge in [0.1, 0.15) is 11.2 Å². The van der Waals surface area contributed by atoms with Crippen molar-refractivity contribution in [1.82, 2.24) is 0 Å². The zero-order valence-electron chi connectivity index (χ0n) is 44.9. The van der Waals surface area contributed by atoms with Crippen molar-refractivity contribution < 1.29 is 33.2 Å². The molecule has 0 unspecified atom stereocenters. The van der Waals surface area contributed by atoms with E-state index in [-0.39, 0.29) is 16.5 Å². The average molecular weight is 618 g/mol. The van der Waals surface area contributed by atoms with Crippen LogP contribution in [0.3, 0.4) is 0 Å². The third-order valence-electron chi connectivity index (χ3n) is 8.35. The van der Waals surface area contributed by atoms with Crippen LogP contribution < -0.4 is 0 Å². The van der Waals surface area contributed by atoms with Crippen LogP contribution >= 0.6 is 0 Å². The number of furan rings is 1. The Bertz CT molecular complexity index is 3960. The summed E-state index contributed by atoms with van der Waals surface area (Å²) in [7, 11) is 0. The molecule has 1 nitrogen and oxygen atoms in total. The van der Waals surface area contributed by atoms with Gasteiger partial charge < -0.3 is 4.42 Å². The molecule has 0 spiro atoms. The molecule has 0 radical (unpaired) electrons. The van der Waals surface area contributed by atoms with Crippen LogP contribution in [0.4, 0.5) is 0 Å². The maximum Gasteiger partial charge on any atom is 0.135 e. The van der Waals surface area contributed by atoms with Crippen LogP contribution in [0.25, 0.3) is 98.4 Å². The fourth-order valence-corrected chi connectivity index (χ4v) is 6.35. The standard InChI is InChI=1S/C46H28O/c1-2-14-31-29(12-1)13-11-22-36(31)45-37-18-5-7-20-39(37)46(40-21-8-6-19-38(40)45)41-26-25-32(33-15-3-4-16-34(33)41)30-24-27-44-42(28-30)35-17-9-10-23-43(35)47-44/h1-28H/i1D,2D,3D,4D,5D,6D,7D,8D,11D,12D,13D,14D,15D,16D,18D,19D,20D,21D,22D,25D,26D. The fraction of sp³-hybridized carbons (Fsp3) is 0. The van der Waals surface area contributed by atoms with Crippen LogP contribution in [-0.4, -0.2) is 0 Å². The van der Waals surface area contributed by atoms with Crippen LogP contribution in [0.5, 0.6) is 0 Å². The average Bonchev–Trinajstić information content (AvgIpc) is 3.70. The van der Waals surface area contributed by atoms with Gasteiger partial charge in [0.15, 0.2) is 0 Å². The highest BCUT2D eigenvalue weighted by molar-refractivity contribution is 6.25. The Labute approximate surface area is 301 Å². The zero-order valence-corrected chi connectivity index (χ0v) is 23.9. The largest absolute Gasteiger partial charge is 0.456 e. The fourth-order valence-electron chi connectivity index (χ4n) is 6.35. The van der Waals surface area contributed by atoms with Crippen molar-refractivity contribution in [3.05, 3.63) is 169 Å². The third kappa shape index (κ3) is 3.90. The van der Waals surface area contributed by atoms with E-state index < -0.39 is 187 Å². The molecule has 0 aliphatic heterocycles. The van der Waals surface area contributed by atoms with E-state index in [9.17, 15) is 12.3 Å². The summed E-state index contributed by atoms with van der Waals surface area (Å²) in [6, 6.07) is -5.61. The second-order valence-electron chi connectivity index (χ2n) is 10.8. The van der Waals surface area contributed by atoms with E-state index in [4.69, 9.17) is 20.9 Å². The third-order valence-corrected chi connectivity index (χ3v) is 8.35. The Balaban J connectivity index is 1.53. The predicted octanol–water partition coefficient (Wildman–Crippen LogP) is 13.2. The molecule has 10 aromatic rings. The lowest BCUT2D eigenvalue weighted by Crippen LogP contribution is -1.93. The summed E-state index contributed by atoms with van der Waals surface area (Å²) < 4.78 is 198. The van der Waals surface area contributed by atoms with Crippen molar-refractivity contribution in [1.29, 1.82) is 0 Å². The molecular formula is C46H28O. The number of hydrogen-bond donors (Lipinski definition) is 0. The van der Waals surface area contributed by atoms with Crippen molar-refractivity contribution in [2.75, 3.05) is 0 Å². The minimum atomic E-state index is -0.910. The van der Waals surface area contributed by atoms with Gasteiger partial charge in [0.25, 0.3) is 0 Å². The van der Waals surface area contributed by atoms with E-state index in [2.05, 4.69) is 0 Å². The van der Waals surface area contributed by atoms with Gasteiger partial charge in [-0.2, -0.15) is 0 Å². The van der Waals surface area contributed by atoms with Gasteiger partial charge in [-0.1, -0.05) is 151 Å². The summed E-state index contributed by atoms with van der Waals surface area (Å²) in [5.41, 5.74) is -1.32. The first-order valence-electron chi connectivity index (χ1n) is 25.0. The van der Waals surface area contributed by atoms with Crippen molar-refractivity contribution in [3.8, 4) is 33.4 Å². The van der Waals surface area contributed by atoms with E-state index in [1.54, 1.807) is 42.5 Å². The van der Waals surface area contributed by atoms with Gasteiger partial charge in [-0.05, 0) is 94.7 Å². The Kier molecular flexibility index (Phi) is 2.79. The summed E-state index contributed by atoms with van der Waals surface area (Å²) in [6.45, 7) is 0. The molecule has 0 atom stereocenters. The highest BCUT2D eigenvalue weighted by Gasteiger charge is 2.20. The molecule has 9 aromatic carbocycles. The Morgan fingerprint density at radius 2 is 0.872 bits per heavy atom. The molecule has 1 heteroatoms. The molecule has 0 saturated heterocycles. The first kappa shape index (κ1) is 12.9. The molecule has 47 heavy (non-hydrogen) atoms. The molecule has 0 N–H and O–H groups in total. The molecular weight excluding hydrogens is 569 g/mol. The van der Waals surface area contributed by atoms with Gasteiger partial charge in [-0.25, -0.2) is 0 Å².